The molecule has 1 unspecified atom stereocenters. The Morgan fingerprint density at radius 1 is 1.08 bits per heavy atom. The number of aliphatic carboxylic acids is 1. The number of ether oxygens (including phenoxy) is 2. The van der Waals surface area contributed by atoms with E-state index in [1.54, 1.807) is 65.5 Å². The molecule has 0 bridgehead atoms. The van der Waals surface area contributed by atoms with Crippen LogP contribution in [0.1, 0.15) is 34.0 Å². The van der Waals surface area contributed by atoms with Gasteiger partial charge in [-0.05, 0) is 61.0 Å². The fourth-order valence-electron chi connectivity index (χ4n) is 4.05. The quantitative estimate of drug-likeness (QED) is 0.284. The second-order valence-electron chi connectivity index (χ2n) is 8.31. The van der Waals surface area contributed by atoms with Gasteiger partial charge >= 0.3 is 5.97 Å². The fourth-order valence-corrected chi connectivity index (χ4v) is 4.44. The highest BCUT2D eigenvalue weighted by molar-refractivity contribution is 6.32. The predicted octanol–water partition coefficient (Wildman–Crippen LogP) is 6.35. The number of aromatic nitrogens is 2. The van der Waals surface area contributed by atoms with E-state index in [0.29, 0.717) is 52.1 Å². The van der Waals surface area contributed by atoms with Gasteiger partial charge in [-0.15, -0.1) is 0 Å². The largest absolute Gasteiger partial charge is 0.493 e. The molecule has 5 rings (SSSR count). The maximum Gasteiger partial charge on any atom is 0.311 e. The van der Waals surface area contributed by atoms with Gasteiger partial charge in [-0.3, -0.25) is 9.59 Å². The van der Waals surface area contributed by atoms with E-state index >= 15 is 0 Å². The first kappa shape index (κ1) is 23.9. The third-order valence-electron chi connectivity index (χ3n) is 5.86. The van der Waals surface area contributed by atoms with E-state index in [9.17, 15) is 14.7 Å². The molecule has 0 fully saturated rings. The molecular formula is C27H20Cl2N2O5. The summed E-state index contributed by atoms with van der Waals surface area (Å²) in [7, 11) is 0. The second kappa shape index (κ2) is 10.0. The Kier molecular flexibility index (Phi) is 6.67. The molecule has 0 radical (unpaired) electrons. The van der Waals surface area contributed by atoms with Gasteiger partial charge in [0.05, 0.1) is 35.3 Å². The topological polar surface area (TPSA) is 90.7 Å². The number of carbonyl (C=O) groups excluding carboxylic acids is 1. The van der Waals surface area contributed by atoms with Crippen LogP contribution in [0.25, 0.3) is 5.69 Å². The van der Waals surface area contributed by atoms with Gasteiger partial charge < -0.3 is 14.6 Å². The van der Waals surface area contributed by atoms with Gasteiger partial charge in [-0.1, -0.05) is 29.3 Å². The Hall–Kier alpha value is -3.81. The van der Waals surface area contributed by atoms with Crippen LogP contribution >= 0.6 is 23.2 Å². The first-order chi connectivity index (χ1) is 17.4. The van der Waals surface area contributed by atoms with Crippen LogP contribution in [0.5, 0.6) is 17.2 Å². The lowest BCUT2D eigenvalue weighted by molar-refractivity contribution is -0.139. The van der Waals surface area contributed by atoms with E-state index in [1.165, 1.54) is 0 Å². The van der Waals surface area contributed by atoms with Crippen molar-refractivity contribution in [2.24, 2.45) is 0 Å². The summed E-state index contributed by atoms with van der Waals surface area (Å²) in [6.45, 7) is 0.305. The van der Waals surface area contributed by atoms with Crippen LogP contribution < -0.4 is 9.47 Å². The number of carbonyl (C=O) groups is 2. The number of benzene rings is 3. The monoisotopic (exact) mass is 522 g/mol. The molecule has 1 aliphatic heterocycles. The zero-order chi connectivity index (χ0) is 25.2. The van der Waals surface area contributed by atoms with Crippen LogP contribution in [-0.2, 0) is 11.2 Å². The molecule has 0 saturated heterocycles. The molecule has 0 saturated carbocycles. The molecule has 0 spiro atoms. The van der Waals surface area contributed by atoms with Crippen molar-refractivity contribution in [1.29, 1.82) is 0 Å². The minimum atomic E-state index is -0.916. The number of ketones is 1. The molecule has 1 aliphatic rings. The first-order valence-electron chi connectivity index (χ1n) is 11.2. The van der Waals surface area contributed by atoms with E-state index in [1.807, 2.05) is 12.1 Å². The van der Waals surface area contributed by atoms with Crippen LogP contribution in [-0.4, -0.2) is 33.2 Å². The summed E-state index contributed by atoms with van der Waals surface area (Å²) in [5.41, 5.74) is 2.50. The number of halogens is 2. The van der Waals surface area contributed by atoms with Crippen LogP contribution in [0.15, 0.2) is 72.9 Å². The average molecular weight is 523 g/mol. The fraction of sp³-hybridized carbons (Fsp3) is 0.148. The number of carboxylic acid groups (broad SMARTS) is 1. The minimum absolute atomic E-state index is 0.0854. The molecule has 0 amide bonds. The maximum atomic E-state index is 12.8. The third kappa shape index (κ3) is 5.08. The summed E-state index contributed by atoms with van der Waals surface area (Å²) in [5, 5.41) is 14.8. The lowest BCUT2D eigenvalue weighted by Crippen LogP contribution is -2.20. The summed E-state index contributed by atoms with van der Waals surface area (Å²) >= 11 is 12.4. The van der Waals surface area contributed by atoms with Gasteiger partial charge in [0.15, 0.2) is 5.78 Å². The van der Waals surface area contributed by atoms with Crippen molar-refractivity contribution in [3.8, 4) is 22.9 Å². The maximum absolute atomic E-state index is 12.8. The van der Waals surface area contributed by atoms with Crippen LogP contribution in [0.4, 0.5) is 0 Å². The van der Waals surface area contributed by atoms with E-state index in [0.717, 1.165) is 5.69 Å². The lowest BCUT2D eigenvalue weighted by Gasteiger charge is -2.24. The van der Waals surface area contributed by atoms with Crippen molar-refractivity contribution in [3.63, 3.8) is 0 Å². The van der Waals surface area contributed by atoms with Gasteiger partial charge in [0.2, 0.25) is 0 Å². The Labute approximate surface area is 216 Å². The van der Waals surface area contributed by atoms with Gasteiger partial charge in [0.1, 0.15) is 17.2 Å². The number of fused-ring (bicyclic) bond motifs is 1. The molecule has 1 atom stereocenters. The Bertz CT molecular complexity index is 1450. The molecule has 182 valence electrons. The SMILES string of the molecule is O=C(Cc1ccn(-c2cccc(Cl)c2)n1)c1ccc(Oc2cc3c(cc2Cl)C(C(=O)O)CCO3)cc1. The van der Waals surface area contributed by atoms with Crippen molar-refractivity contribution >= 4 is 35.0 Å². The number of hydrogen-bond donors (Lipinski definition) is 1. The minimum Gasteiger partial charge on any atom is -0.493 e. The molecule has 9 heteroatoms. The van der Waals surface area contributed by atoms with Gasteiger partial charge in [-0.2, -0.15) is 5.10 Å². The number of rotatable bonds is 7. The predicted molar refractivity (Wildman–Crippen MR) is 135 cm³/mol. The lowest BCUT2D eigenvalue weighted by atomic mass is 9.93. The highest BCUT2D eigenvalue weighted by Gasteiger charge is 2.29. The molecule has 7 nitrogen and oxygen atoms in total. The zero-order valence-electron chi connectivity index (χ0n) is 18.9. The smallest absolute Gasteiger partial charge is 0.311 e. The first-order valence-corrected chi connectivity index (χ1v) is 11.9. The van der Waals surface area contributed by atoms with Gasteiger partial charge in [0, 0.05) is 28.4 Å². The summed E-state index contributed by atoms with van der Waals surface area (Å²) < 4.78 is 13.2. The Morgan fingerprint density at radius 3 is 2.64 bits per heavy atom. The molecule has 1 N–H and O–H groups in total. The number of carboxylic acids is 1. The number of nitrogens with zero attached hydrogens (tertiary/aromatic N) is 2. The van der Waals surface area contributed by atoms with Crippen molar-refractivity contribution in [2.75, 3.05) is 6.61 Å². The van der Waals surface area contributed by atoms with Crippen molar-refractivity contribution in [2.45, 2.75) is 18.8 Å². The zero-order valence-corrected chi connectivity index (χ0v) is 20.4. The summed E-state index contributed by atoms with van der Waals surface area (Å²) in [6, 6.07) is 19.0. The molecule has 1 aromatic heterocycles. The molecule has 2 heterocycles. The van der Waals surface area contributed by atoms with E-state index < -0.39 is 11.9 Å². The van der Waals surface area contributed by atoms with Crippen LogP contribution in [0.3, 0.4) is 0 Å². The normalized spacial score (nSPS) is 14.6. The summed E-state index contributed by atoms with van der Waals surface area (Å²) in [6.07, 6.45) is 2.32. The van der Waals surface area contributed by atoms with Crippen LogP contribution in [0.2, 0.25) is 10.0 Å². The molecule has 36 heavy (non-hydrogen) atoms. The summed E-state index contributed by atoms with van der Waals surface area (Å²) in [4.78, 5) is 24.3. The number of hydrogen-bond acceptors (Lipinski definition) is 5. The van der Waals surface area contributed by atoms with Gasteiger partial charge in [0.25, 0.3) is 0 Å². The van der Waals surface area contributed by atoms with Gasteiger partial charge in [-0.25, -0.2) is 4.68 Å². The van der Waals surface area contributed by atoms with Crippen molar-refractivity contribution in [3.05, 3.63) is 99.8 Å². The third-order valence-corrected chi connectivity index (χ3v) is 6.40. The molecule has 4 aromatic rings. The second-order valence-corrected chi connectivity index (χ2v) is 9.15. The Morgan fingerprint density at radius 2 is 1.89 bits per heavy atom. The average Bonchev–Trinajstić information content (AvgIpc) is 3.33. The van der Waals surface area contributed by atoms with Crippen molar-refractivity contribution < 1.29 is 24.2 Å². The van der Waals surface area contributed by atoms with E-state index in [2.05, 4.69) is 5.10 Å². The molecular weight excluding hydrogens is 503 g/mol. The van der Waals surface area contributed by atoms with E-state index in [-0.39, 0.29) is 17.2 Å². The highest BCUT2D eigenvalue weighted by Crippen LogP contribution is 2.41. The standard InChI is InChI=1S/C27H20Cl2N2O5/c28-17-2-1-3-19(12-17)31-10-8-18(30-31)13-24(32)16-4-6-20(7-5-16)36-26-15-25-22(14-23(26)29)21(27(33)34)9-11-35-25/h1-8,10,12,14-15,21H,9,11,13H2,(H,33,34). The van der Waals surface area contributed by atoms with Crippen LogP contribution in [0, 0.1) is 0 Å². The molecule has 3 aromatic carbocycles. The number of Topliss-reactive ketones (excluding diaryl/α,β-unsaturated/α-hetero) is 1. The molecule has 0 aliphatic carbocycles. The van der Waals surface area contributed by atoms with E-state index in [4.69, 9.17) is 32.7 Å². The van der Waals surface area contributed by atoms with Crippen molar-refractivity contribution in [1.82, 2.24) is 9.78 Å². The summed E-state index contributed by atoms with van der Waals surface area (Å²) in [5.74, 6) is -0.408. The highest BCUT2D eigenvalue weighted by atomic mass is 35.5. The Balaban J connectivity index is 1.27.